The van der Waals surface area contributed by atoms with Crippen LogP contribution in [0, 0.1) is 0 Å². The summed E-state index contributed by atoms with van der Waals surface area (Å²) in [6.45, 7) is 1.80. The molecule has 12 heteroatoms. The Kier molecular flexibility index (Phi) is 7.37. The van der Waals surface area contributed by atoms with E-state index in [1.165, 1.54) is 35.6 Å². The first-order chi connectivity index (χ1) is 18.8. The summed E-state index contributed by atoms with van der Waals surface area (Å²) in [5.74, 6) is -0.235. The number of nitrogens with zero attached hydrogens (tertiary/aromatic N) is 1. The normalized spacial score (nSPS) is 19.0. The second kappa shape index (κ2) is 10.4. The molecule has 3 aromatic rings. The summed E-state index contributed by atoms with van der Waals surface area (Å²) >= 11 is 6.22. The highest BCUT2D eigenvalue weighted by Crippen LogP contribution is 2.49. The number of halogens is 2. The van der Waals surface area contributed by atoms with Crippen molar-refractivity contribution in [2.75, 3.05) is 17.6 Å². The molecule has 0 saturated heterocycles. The molecular formula is C28H29BClFN2O6S. The fraction of sp³-hybridized carbons (Fsp3) is 0.321. The van der Waals surface area contributed by atoms with Crippen molar-refractivity contribution < 1.29 is 32.1 Å². The molecule has 0 radical (unpaired) electrons. The minimum absolute atomic E-state index is 0.0635. The lowest BCUT2D eigenvalue weighted by atomic mass is 9.79. The second-order valence-corrected chi connectivity index (χ2v) is 12.9. The number of nitrogens with one attached hydrogen (secondary N) is 1. The number of fused-ring (bicyclic) bond motifs is 1. The average molecular weight is 587 g/mol. The van der Waals surface area contributed by atoms with Crippen LogP contribution in [0.3, 0.4) is 0 Å². The van der Waals surface area contributed by atoms with Crippen LogP contribution in [0.4, 0.5) is 10.1 Å². The number of amides is 1. The maximum atomic E-state index is 13.8. The van der Waals surface area contributed by atoms with Gasteiger partial charge in [0, 0.05) is 34.4 Å². The Morgan fingerprint density at radius 1 is 1.27 bits per heavy atom. The Bertz CT molecular complexity index is 1680. The van der Waals surface area contributed by atoms with E-state index in [9.17, 15) is 27.7 Å². The standard InChI is InChI=1S/C28H29BClFN2O6S/c1-28(10-8-18(31)9-11-28)26-25(27(34)32-2)20-13-19(17-5-6-17)23(14-24(20)39-26)33(40(3,37)38)15-16-4-7-21(29(35)36)22(30)12-16/h4,7-10,12-14,17,35-36H,5-6,11,15H2,1-3H3,(H,32,34). The lowest BCUT2D eigenvalue weighted by molar-refractivity contribution is 0.0961. The van der Waals surface area contributed by atoms with Crippen molar-refractivity contribution in [3.8, 4) is 0 Å². The third-order valence-corrected chi connectivity index (χ3v) is 8.95. The smallest absolute Gasteiger partial charge is 0.459 e. The molecule has 40 heavy (non-hydrogen) atoms. The number of sulfonamides is 1. The van der Waals surface area contributed by atoms with Crippen molar-refractivity contribution in [1.29, 1.82) is 0 Å². The SMILES string of the molecule is CNC(=O)c1c(C2(C)C=CC(F)=CC2)oc2cc(N(Cc3ccc(B(O)O)c(Cl)c3)S(C)(=O)=O)c(C3CC3)cc12. The molecular weight excluding hydrogens is 558 g/mol. The van der Waals surface area contributed by atoms with Crippen molar-refractivity contribution in [2.24, 2.45) is 0 Å². The zero-order valence-electron chi connectivity index (χ0n) is 22.2. The number of furan rings is 1. The molecule has 3 N–H and O–H groups in total. The third-order valence-electron chi connectivity index (χ3n) is 7.50. The molecule has 1 saturated carbocycles. The Hall–Kier alpha value is -3.12. The number of hydrogen-bond acceptors (Lipinski definition) is 6. The lowest BCUT2D eigenvalue weighted by Crippen LogP contribution is -2.32. The van der Waals surface area contributed by atoms with Gasteiger partial charge in [-0.3, -0.25) is 9.10 Å². The van der Waals surface area contributed by atoms with Gasteiger partial charge in [-0.2, -0.15) is 0 Å². The number of anilines is 1. The first-order valence-corrected chi connectivity index (χ1v) is 15.0. The van der Waals surface area contributed by atoms with Gasteiger partial charge in [-0.15, -0.1) is 0 Å². The molecule has 210 valence electrons. The molecule has 1 unspecified atom stereocenters. The van der Waals surface area contributed by atoms with Crippen LogP contribution in [0.1, 0.15) is 59.3 Å². The van der Waals surface area contributed by atoms with Crippen LogP contribution in [0.2, 0.25) is 5.02 Å². The minimum atomic E-state index is -3.81. The first kappa shape index (κ1) is 28.4. The highest BCUT2D eigenvalue weighted by molar-refractivity contribution is 7.92. The monoisotopic (exact) mass is 586 g/mol. The van der Waals surface area contributed by atoms with E-state index in [0.717, 1.165) is 24.7 Å². The van der Waals surface area contributed by atoms with Crippen LogP contribution in [-0.4, -0.2) is 44.8 Å². The van der Waals surface area contributed by atoms with Crippen LogP contribution in [0.5, 0.6) is 0 Å². The molecule has 0 spiro atoms. The van der Waals surface area contributed by atoms with Gasteiger partial charge in [0.15, 0.2) is 0 Å². The predicted molar refractivity (Wildman–Crippen MR) is 154 cm³/mol. The summed E-state index contributed by atoms with van der Waals surface area (Å²) in [5, 5.41) is 22.3. The second-order valence-electron chi connectivity index (χ2n) is 10.6. The van der Waals surface area contributed by atoms with Gasteiger partial charge in [-0.05, 0) is 67.5 Å². The van der Waals surface area contributed by atoms with E-state index in [-0.39, 0.29) is 41.1 Å². The van der Waals surface area contributed by atoms with Gasteiger partial charge in [0.05, 0.1) is 24.1 Å². The molecule has 0 bridgehead atoms. The van der Waals surface area contributed by atoms with Crippen LogP contribution < -0.4 is 15.1 Å². The molecule has 8 nitrogen and oxygen atoms in total. The number of rotatable bonds is 8. The zero-order chi connectivity index (χ0) is 29.0. The summed E-state index contributed by atoms with van der Waals surface area (Å²) in [6, 6.07) is 8.02. The molecule has 1 amide bonds. The maximum Gasteiger partial charge on any atom is 0.489 e. The van der Waals surface area contributed by atoms with Crippen LogP contribution in [0.15, 0.2) is 58.8 Å². The van der Waals surface area contributed by atoms with Gasteiger partial charge < -0.3 is 19.8 Å². The molecule has 0 aliphatic heterocycles. The van der Waals surface area contributed by atoms with E-state index in [1.54, 1.807) is 18.2 Å². The van der Waals surface area contributed by atoms with E-state index in [2.05, 4.69) is 5.32 Å². The average Bonchev–Trinajstić information content (AvgIpc) is 3.67. The quantitative estimate of drug-likeness (QED) is 0.343. The van der Waals surface area contributed by atoms with E-state index in [4.69, 9.17) is 16.0 Å². The van der Waals surface area contributed by atoms with Crippen LogP contribution >= 0.6 is 11.6 Å². The molecule has 2 aliphatic carbocycles. The number of hydrogen-bond donors (Lipinski definition) is 3. The Balaban J connectivity index is 1.68. The van der Waals surface area contributed by atoms with E-state index in [1.807, 2.05) is 13.0 Å². The summed E-state index contributed by atoms with van der Waals surface area (Å²) in [7, 11) is -4.04. The van der Waals surface area contributed by atoms with Crippen LogP contribution in [0.25, 0.3) is 11.0 Å². The van der Waals surface area contributed by atoms with Gasteiger partial charge in [-0.25, -0.2) is 12.8 Å². The van der Waals surface area contributed by atoms with Gasteiger partial charge in [0.2, 0.25) is 10.0 Å². The van der Waals surface area contributed by atoms with Gasteiger partial charge in [0.1, 0.15) is 17.2 Å². The first-order valence-electron chi connectivity index (χ1n) is 12.8. The van der Waals surface area contributed by atoms with Crippen molar-refractivity contribution in [2.45, 2.75) is 44.1 Å². The highest BCUT2D eigenvalue weighted by atomic mass is 35.5. The van der Waals surface area contributed by atoms with Gasteiger partial charge >= 0.3 is 7.12 Å². The number of carbonyl (C=O) groups is 1. The zero-order valence-corrected chi connectivity index (χ0v) is 23.8. The summed E-state index contributed by atoms with van der Waals surface area (Å²) < 4.78 is 47.7. The summed E-state index contributed by atoms with van der Waals surface area (Å²) in [4.78, 5) is 13.1. The number of benzene rings is 2. The third kappa shape index (κ3) is 5.31. The Labute approximate surface area is 237 Å². The van der Waals surface area contributed by atoms with Crippen molar-refractivity contribution in [1.82, 2.24) is 5.32 Å². The molecule has 1 atom stereocenters. The fourth-order valence-corrected chi connectivity index (χ4v) is 6.34. The maximum absolute atomic E-state index is 13.8. The van der Waals surface area contributed by atoms with Crippen molar-refractivity contribution in [3.05, 3.63) is 81.9 Å². The Morgan fingerprint density at radius 2 is 2.00 bits per heavy atom. The summed E-state index contributed by atoms with van der Waals surface area (Å²) in [6.07, 6.45) is 7.61. The van der Waals surface area contributed by atoms with Crippen LogP contribution in [-0.2, 0) is 22.0 Å². The largest absolute Gasteiger partial charge is 0.489 e. The van der Waals surface area contributed by atoms with E-state index < -0.39 is 22.6 Å². The van der Waals surface area contributed by atoms with E-state index >= 15 is 0 Å². The Morgan fingerprint density at radius 3 is 2.55 bits per heavy atom. The van der Waals surface area contributed by atoms with Crippen molar-refractivity contribution >= 4 is 56.8 Å². The molecule has 1 aromatic heterocycles. The number of carbonyl (C=O) groups excluding carboxylic acids is 1. The van der Waals surface area contributed by atoms with Gasteiger partial charge in [0.25, 0.3) is 5.91 Å². The fourth-order valence-electron chi connectivity index (χ4n) is 5.14. The van der Waals surface area contributed by atoms with Gasteiger partial charge in [-0.1, -0.05) is 29.8 Å². The molecule has 2 aromatic carbocycles. The number of allylic oxidation sites excluding steroid dienone is 4. The summed E-state index contributed by atoms with van der Waals surface area (Å²) in [5.41, 5.74) is 1.75. The predicted octanol–water partition coefficient (Wildman–Crippen LogP) is 4.04. The molecule has 5 rings (SSSR count). The molecule has 1 fully saturated rings. The minimum Gasteiger partial charge on any atom is -0.459 e. The molecule has 1 heterocycles. The topological polar surface area (TPSA) is 120 Å². The van der Waals surface area contributed by atoms with E-state index in [0.29, 0.717) is 33.5 Å². The molecule has 2 aliphatic rings. The lowest BCUT2D eigenvalue weighted by Gasteiger charge is -2.25. The van der Waals surface area contributed by atoms with Crippen molar-refractivity contribution in [3.63, 3.8) is 0 Å². The highest BCUT2D eigenvalue weighted by Gasteiger charge is 2.37.